The minimum absolute atomic E-state index is 0.129. The SMILES string of the molecule is N#Cc1c(Nc2cc(C(F)(F)F)cc(C(F)(F)F)n2)s[nH]c1=O. The van der Waals surface area contributed by atoms with Crippen molar-refractivity contribution in [2.45, 2.75) is 12.4 Å². The van der Waals surface area contributed by atoms with Gasteiger partial charge in [0.25, 0.3) is 5.56 Å². The Balaban J connectivity index is 2.54. The number of nitriles is 1. The minimum Gasteiger partial charge on any atom is -0.329 e. The highest BCUT2D eigenvalue weighted by Gasteiger charge is 2.38. The molecule has 0 fully saturated rings. The lowest BCUT2D eigenvalue weighted by molar-refractivity contribution is -0.145. The zero-order chi connectivity index (χ0) is 17.4. The Labute approximate surface area is 127 Å². The molecule has 0 saturated carbocycles. The lowest BCUT2D eigenvalue weighted by Crippen LogP contribution is -2.14. The van der Waals surface area contributed by atoms with Crippen LogP contribution < -0.4 is 10.9 Å². The van der Waals surface area contributed by atoms with Crippen LogP contribution in [0.1, 0.15) is 16.8 Å². The molecule has 122 valence electrons. The highest BCUT2D eigenvalue weighted by atomic mass is 32.1. The number of aromatic nitrogens is 2. The van der Waals surface area contributed by atoms with Crippen molar-refractivity contribution < 1.29 is 26.3 Å². The molecule has 0 amide bonds. The summed E-state index contributed by atoms with van der Waals surface area (Å²) >= 11 is 0.549. The van der Waals surface area contributed by atoms with Crippen molar-refractivity contribution in [3.63, 3.8) is 0 Å². The van der Waals surface area contributed by atoms with Gasteiger partial charge in [-0.15, -0.1) is 0 Å². The van der Waals surface area contributed by atoms with E-state index in [2.05, 4.69) is 14.7 Å². The van der Waals surface area contributed by atoms with E-state index in [-0.39, 0.29) is 11.1 Å². The second-order valence-corrected chi connectivity index (χ2v) is 4.91. The molecule has 0 unspecified atom stereocenters. The fourth-order valence-corrected chi connectivity index (χ4v) is 2.20. The summed E-state index contributed by atoms with van der Waals surface area (Å²) in [5.41, 5.74) is -4.61. The Kier molecular flexibility index (Phi) is 4.08. The van der Waals surface area contributed by atoms with Gasteiger partial charge in [-0.25, -0.2) is 4.98 Å². The van der Waals surface area contributed by atoms with Crippen LogP contribution in [0, 0.1) is 11.3 Å². The average molecular weight is 354 g/mol. The number of alkyl halides is 6. The molecule has 2 heterocycles. The number of hydrogen-bond acceptors (Lipinski definition) is 5. The van der Waals surface area contributed by atoms with E-state index in [0.29, 0.717) is 17.6 Å². The number of anilines is 2. The highest BCUT2D eigenvalue weighted by Crippen LogP contribution is 2.36. The number of halogens is 6. The smallest absolute Gasteiger partial charge is 0.329 e. The zero-order valence-corrected chi connectivity index (χ0v) is 11.4. The number of hydrogen-bond donors (Lipinski definition) is 2. The van der Waals surface area contributed by atoms with Gasteiger partial charge in [-0.05, 0) is 23.7 Å². The molecule has 0 saturated heterocycles. The van der Waals surface area contributed by atoms with Crippen molar-refractivity contribution in [3.8, 4) is 6.07 Å². The summed E-state index contributed by atoms with van der Waals surface area (Å²) in [6, 6.07) is 1.70. The average Bonchev–Trinajstić information content (AvgIpc) is 2.76. The van der Waals surface area contributed by atoms with Crippen molar-refractivity contribution in [1.29, 1.82) is 5.26 Å². The minimum atomic E-state index is -5.10. The molecule has 2 N–H and O–H groups in total. The third-order valence-electron chi connectivity index (χ3n) is 2.50. The number of aromatic amines is 1. The van der Waals surface area contributed by atoms with Gasteiger partial charge in [0.15, 0.2) is 5.56 Å². The van der Waals surface area contributed by atoms with Crippen molar-refractivity contribution in [2.24, 2.45) is 0 Å². The molecule has 0 aliphatic carbocycles. The van der Waals surface area contributed by atoms with Gasteiger partial charge >= 0.3 is 12.4 Å². The van der Waals surface area contributed by atoms with Gasteiger partial charge < -0.3 is 5.32 Å². The van der Waals surface area contributed by atoms with Crippen molar-refractivity contribution in [3.05, 3.63) is 39.3 Å². The molecule has 0 bridgehead atoms. The second kappa shape index (κ2) is 5.58. The Hall–Kier alpha value is -2.55. The van der Waals surface area contributed by atoms with E-state index in [1.165, 1.54) is 6.07 Å². The Bertz CT molecular complexity index is 797. The van der Waals surface area contributed by atoms with Crippen molar-refractivity contribution in [2.75, 3.05) is 5.32 Å². The molecule has 0 radical (unpaired) electrons. The number of pyridine rings is 1. The van der Waals surface area contributed by atoms with Crippen LogP contribution in [0.2, 0.25) is 0 Å². The van der Waals surface area contributed by atoms with E-state index in [1.807, 2.05) is 0 Å². The molecule has 2 aromatic heterocycles. The van der Waals surface area contributed by atoms with Gasteiger partial charge in [0, 0.05) is 0 Å². The fraction of sp³-hybridized carbons (Fsp3) is 0.182. The fourth-order valence-electron chi connectivity index (χ4n) is 1.51. The topological polar surface area (TPSA) is 81.6 Å². The Morgan fingerprint density at radius 1 is 1.17 bits per heavy atom. The van der Waals surface area contributed by atoms with E-state index in [9.17, 15) is 31.1 Å². The van der Waals surface area contributed by atoms with E-state index in [4.69, 9.17) is 5.26 Å². The van der Waals surface area contributed by atoms with Gasteiger partial charge in [0.2, 0.25) is 0 Å². The van der Waals surface area contributed by atoms with Crippen molar-refractivity contribution in [1.82, 2.24) is 9.36 Å². The molecule has 0 spiro atoms. The maximum atomic E-state index is 12.7. The summed E-state index contributed by atoms with van der Waals surface area (Å²) in [5, 5.41) is 10.6. The lowest BCUT2D eigenvalue weighted by Gasteiger charge is -2.13. The summed E-state index contributed by atoms with van der Waals surface area (Å²) in [6.45, 7) is 0. The number of rotatable bonds is 2. The zero-order valence-electron chi connectivity index (χ0n) is 10.6. The van der Waals surface area contributed by atoms with Crippen LogP contribution in [0.3, 0.4) is 0 Å². The standard InChI is InChI=1S/C11H4F6N4OS/c12-10(13,14)4-1-6(11(15,16)17)19-7(2-4)20-9-5(3-18)8(22)21-23-9/h1-2H,(H,19,20)(H,21,22). The first kappa shape index (κ1) is 16.8. The summed E-state index contributed by atoms with van der Waals surface area (Å²) < 4.78 is 78.2. The summed E-state index contributed by atoms with van der Waals surface area (Å²) in [5.74, 6) is -0.793. The monoisotopic (exact) mass is 354 g/mol. The molecule has 2 rings (SSSR count). The first-order valence-corrected chi connectivity index (χ1v) is 6.39. The van der Waals surface area contributed by atoms with Crippen molar-refractivity contribution >= 4 is 22.4 Å². The normalized spacial score (nSPS) is 12.0. The number of nitrogens with one attached hydrogen (secondary N) is 2. The van der Waals surface area contributed by atoms with Crippen LogP contribution in [0.25, 0.3) is 0 Å². The molecule has 23 heavy (non-hydrogen) atoms. The molecular weight excluding hydrogens is 350 g/mol. The predicted octanol–water partition coefficient (Wildman–Crippen LogP) is 3.48. The van der Waals surface area contributed by atoms with Crippen LogP contribution in [0.5, 0.6) is 0 Å². The van der Waals surface area contributed by atoms with Gasteiger partial charge in [-0.1, -0.05) is 0 Å². The Morgan fingerprint density at radius 2 is 1.83 bits per heavy atom. The molecule has 0 aliphatic heterocycles. The number of nitrogens with zero attached hydrogens (tertiary/aromatic N) is 2. The summed E-state index contributed by atoms with van der Waals surface area (Å²) in [6.07, 6.45) is -10.1. The maximum Gasteiger partial charge on any atom is 0.433 e. The van der Waals surface area contributed by atoms with Gasteiger partial charge in [-0.3, -0.25) is 9.17 Å². The van der Waals surface area contributed by atoms with Crippen LogP contribution >= 0.6 is 11.5 Å². The van der Waals surface area contributed by atoms with E-state index in [0.717, 1.165) is 0 Å². The molecular formula is C11H4F6N4OS. The third kappa shape index (κ3) is 3.62. The first-order chi connectivity index (χ1) is 10.5. The molecule has 12 heteroatoms. The lowest BCUT2D eigenvalue weighted by atomic mass is 10.2. The Morgan fingerprint density at radius 3 is 2.35 bits per heavy atom. The third-order valence-corrected chi connectivity index (χ3v) is 3.29. The van der Waals surface area contributed by atoms with Gasteiger partial charge in [0.05, 0.1) is 5.56 Å². The largest absolute Gasteiger partial charge is 0.433 e. The molecule has 5 nitrogen and oxygen atoms in total. The molecule has 0 atom stereocenters. The van der Waals surface area contributed by atoms with Crippen LogP contribution in [0.4, 0.5) is 37.2 Å². The predicted molar refractivity (Wildman–Crippen MR) is 67.2 cm³/mol. The van der Waals surface area contributed by atoms with E-state index in [1.54, 1.807) is 0 Å². The number of H-pyrrole nitrogens is 1. The quantitative estimate of drug-likeness (QED) is 0.809. The van der Waals surface area contributed by atoms with Gasteiger partial charge in [0.1, 0.15) is 22.6 Å². The van der Waals surface area contributed by atoms with Crippen LogP contribution in [0.15, 0.2) is 16.9 Å². The van der Waals surface area contributed by atoms with Crippen LogP contribution in [-0.2, 0) is 12.4 Å². The molecule has 0 aliphatic rings. The maximum absolute atomic E-state index is 12.7. The second-order valence-electron chi connectivity index (χ2n) is 4.10. The van der Waals surface area contributed by atoms with Gasteiger partial charge in [-0.2, -0.15) is 31.6 Å². The molecule has 2 aromatic rings. The first-order valence-electron chi connectivity index (χ1n) is 5.57. The highest BCUT2D eigenvalue weighted by molar-refractivity contribution is 7.10. The summed E-state index contributed by atoms with van der Waals surface area (Å²) in [4.78, 5) is 14.3. The molecule has 0 aromatic carbocycles. The summed E-state index contributed by atoms with van der Waals surface area (Å²) in [7, 11) is 0. The van der Waals surface area contributed by atoms with Crippen LogP contribution in [-0.4, -0.2) is 9.36 Å². The van der Waals surface area contributed by atoms with E-state index >= 15 is 0 Å². The van der Waals surface area contributed by atoms with E-state index < -0.39 is 40.6 Å².